The highest BCUT2D eigenvalue weighted by Gasteiger charge is 2.51. The molecule has 0 aromatic heterocycles. The number of aryl methyl sites for hydroxylation is 4. The topological polar surface area (TPSA) is 165 Å². The molecule has 0 unspecified atom stereocenters. The van der Waals surface area contributed by atoms with E-state index in [9.17, 15) is 19.5 Å². The first-order chi connectivity index (χ1) is 28.7. The van der Waals surface area contributed by atoms with Gasteiger partial charge in [-0.3, -0.25) is 9.59 Å². The van der Waals surface area contributed by atoms with Crippen molar-refractivity contribution in [2.75, 3.05) is 27.3 Å². The van der Waals surface area contributed by atoms with Crippen molar-refractivity contribution in [3.8, 4) is 0 Å². The molecule has 4 aliphatic rings. The Balaban J connectivity index is 0.000000241. The summed E-state index contributed by atoms with van der Waals surface area (Å²) in [7, 11) is 3.42. The van der Waals surface area contributed by atoms with Gasteiger partial charge >= 0.3 is 6.09 Å². The number of ether oxygens (including phenoxy) is 3. The number of halogens is 2. The summed E-state index contributed by atoms with van der Waals surface area (Å²) in [4.78, 5) is 50.9. The maximum Gasteiger partial charge on any atom is 0.412 e. The van der Waals surface area contributed by atoms with Gasteiger partial charge in [-0.2, -0.15) is 0 Å². The van der Waals surface area contributed by atoms with E-state index in [2.05, 4.69) is 20.9 Å². The molecule has 2 heterocycles. The van der Waals surface area contributed by atoms with Crippen LogP contribution in [0.15, 0.2) is 40.8 Å². The number of aliphatic imine (C=N–C) groups is 1. The molecule has 14 heteroatoms. The average molecular weight is 870 g/mol. The van der Waals surface area contributed by atoms with Crippen molar-refractivity contribution in [3.63, 3.8) is 0 Å². The van der Waals surface area contributed by atoms with Crippen LogP contribution in [0.3, 0.4) is 0 Å². The molecule has 0 radical (unpaired) electrons. The standard InChI is InChI=1S/C23H31ClN2O4.C20H26ClNO3.C3H5NO/c1-5-14-12-16(24)13-15(6-2)18(14)19-20(30-22(28)25-7-3)23(26-21(19)27)10-8-17(29-4)9-11-23;1-4-12-10-14(21)11-13(5-2)16(12)17-18(23)20(22-19(17)24)8-6-15(25-3)7-9-20;1-2-4-3-5/h12-13,17H,5-11H2,1-4H3,(H,25,28)(H,26,27);10-11,15,23H,4-9H2,1-3H3,(H,22,24);2H2,1H3. The van der Waals surface area contributed by atoms with Crippen molar-refractivity contribution in [1.29, 1.82) is 0 Å². The first-order valence-electron chi connectivity index (χ1n) is 21.3. The number of amides is 3. The second kappa shape index (κ2) is 22.1. The molecule has 0 bridgehead atoms. The van der Waals surface area contributed by atoms with Crippen LogP contribution >= 0.6 is 23.2 Å². The second-order valence-corrected chi connectivity index (χ2v) is 16.3. The molecule has 6 rings (SSSR count). The number of benzene rings is 2. The number of aliphatic hydroxyl groups excluding tert-OH is 1. The van der Waals surface area contributed by atoms with Gasteiger partial charge in [0.05, 0.1) is 34.4 Å². The maximum absolute atomic E-state index is 13.3. The molecule has 2 spiro atoms. The molecule has 2 saturated carbocycles. The third-order valence-corrected chi connectivity index (χ3v) is 12.5. The van der Waals surface area contributed by atoms with Gasteiger partial charge in [0, 0.05) is 37.4 Å². The Bertz CT molecular complexity index is 1940. The lowest BCUT2D eigenvalue weighted by atomic mass is 9.78. The highest BCUT2D eigenvalue weighted by Crippen LogP contribution is 2.46. The van der Waals surface area contributed by atoms with Crippen molar-refractivity contribution < 1.29 is 38.5 Å². The summed E-state index contributed by atoms with van der Waals surface area (Å²) in [6.07, 6.45) is 10.1. The molecule has 3 amide bonds. The first kappa shape index (κ1) is 48.5. The van der Waals surface area contributed by atoms with Crippen molar-refractivity contribution in [2.45, 2.75) is 142 Å². The summed E-state index contributed by atoms with van der Waals surface area (Å²) in [5.74, 6) is 0.246. The largest absolute Gasteiger partial charge is 0.509 e. The third-order valence-electron chi connectivity index (χ3n) is 12.0. The van der Waals surface area contributed by atoms with E-state index in [1.54, 1.807) is 21.1 Å². The summed E-state index contributed by atoms with van der Waals surface area (Å²) in [5.41, 5.74) is 5.21. The predicted molar refractivity (Wildman–Crippen MR) is 236 cm³/mol. The Morgan fingerprint density at radius 3 is 1.52 bits per heavy atom. The number of aliphatic hydroxyl groups is 1. The summed E-state index contributed by atoms with van der Waals surface area (Å²) >= 11 is 12.6. The highest BCUT2D eigenvalue weighted by molar-refractivity contribution is 6.32. The zero-order valence-corrected chi connectivity index (χ0v) is 37.9. The molecule has 60 heavy (non-hydrogen) atoms. The molecule has 12 nitrogen and oxygen atoms in total. The van der Waals surface area contributed by atoms with Gasteiger partial charge in [-0.05, 0) is 149 Å². The van der Waals surface area contributed by atoms with E-state index in [0.717, 1.165) is 71.9 Å². The number of hydrogen-bond acceptors (Lipinski definition) is 9. The molecule has 0 saturated heterocycles. The zero-order chi connectivity index (χ0) is 44.2. The zero-order valence-electron chi connectivity index (χ0n) is 36.4. The van der Waals surface area contributed by atoms with Crippen molar-refractivity contribution >= 4 is 58.3 Å². The van der Waals surface area contributed by atoms with Gasteiger partial charge in [-0.1, -0.05) is 50.9 Å². The van der Waals surface area contributed by atoms with Crippen LogP contribution in [0.1, 0.15) is 126 Å². The first-order valence-corrected chi connectivity index (χ1v) is 22.0. The van der Waals surface area contributed by atoms with Gasteiger partial charge in [-0.15, -0.1) is 0 Å². The van der Waals surface area contributed by atoms with Gasteiger partial charge < -0.3 is 35.3 Å². The molecule has 2 aliphatic carbocycles. The smallest absolute Gasteiger partial charge is 0.412 e. The van der Waals surface area contributed by atoms with Gasteiger partial charge in [-0.25, -0.2) is 14.6 Å². The minimum atomic E-state index is -0.692. The predicted octanol–water partition coefficient (Wildman–Crippen LogP) is 8.91. The number of rotatable bonds is 11. The van der Waals surface area contributed by atoms with E-state index in [-0.39, 0.29) is 29.8 Å². The highest BCUT2D eigenvalue weighted by atomic mass is 35.5. The number of alkyl carbamates (subject to hydrolysis) is 1. The normalized spacial score (nSPS) is 23.3. The fourth-order valence-electron chi connectivity index (χ4n) is 8.87. The van der Waals surface area contributed by atoms with Crippen LogP contribution < -0.4 is 16.0 Å². The number of isocyanates is 1. The molecule has 328 valence electrons. The van der Waals surface area contributed by atoms with E-state index in [0.29, 0.717) is 78.6 Å². The molecule has 2 aliphatic heterocycles. The summed E-state index contributed by atoms with van der Waals surface area (Å²) in [6.45, 7) is 12.8. The molecule has 2 fully saturated rings. The summed E-state index contributed by atoms with van der Waals surface area (Å²) < 4.78 is 16.8. The van der Waals surface area contributed by atoms with Crippen LogP contribution in [0.5, 0.6) is 0 Å². The summed E-state index contributed by atoms with van der Waals surface area (Å²) in [6, 6.07) is 7.59. The Hall–Kier alpha value is -4.19. The molecule has 4 N–H and O–H groups in total. The van der Waals surface area contributed by atoms with Gasteiger partial charge in [0.1, 0.15) is 11.5 Å². The van der Waals surface area contributed by atoms with E-state index < -0.39 is 17.2 Å². The number of methoxy groups -OCH3 is 2. The van der Waals surface area contributed by atoms with E-state index in [1.807, 2.05) is 58.9 Å². The Labute approximate surface area is 364 Å². The van der Waals surface area contributed by atoms with E-state index in [4.69, 9.17) is 42.2 Å². The second-order valence-electron chi connectivity index (χ2n) is 15.5. The minimum absolute atomic E-state index is 0.148. The van der Waals surface area contributed by atoms with Crippen LogP contribution in [-0.2, 0) is 54.3 Å². The number of hydrogen-bond donors (Lipinski definition) is 4. The number of nitrogens with zero attached hydrogens (tertiary/aromatic N) is 1. The number of carbonyl (C=O) groups is 3. The number of nitrogens with one attached hydrogen (secondary N) is 3. The van der Waals surface area contributed by atoms with Crippen LogP contribution in [0, 0.1) is 0 Å². The SMILES string of the molecule is CCN=C=O.CCNC(=O)OC1=C(c2c(CC)cc(Cl)cc2CC)C(=O)NC12CCC(OC)CC2.CCc1cc(Cl)cc(CC)c1C1=C(O)C2(CCC(OC)CC2)NC1=O. The fraction of sp³-hybridized carbons (Fsp3) is 0.565. The molecule has 2 aromatic carbocycles. The Morgan fingerprint density at radius 2 is 1.15 bits per heavy atom. The quantitative estimate of drug-likeness (QED) is 0.129. The maximum atomic E-state index is 13.3. The lowest BCUT2D eigenvalue weighted by Gasteiger charge is -2.37. The van der Waals surface area contributed by atoms with Gasteiger partial charge in [0.15, 0.2) is 0 Å². The Morgan fingerprint density at radius 1 is 0.750 bits per heavy atom. The minimum Gasteiger partial charge on any atom is -0.509 e. The van der Waals surface area contributed by atoms with Crippen LogP contribution in [0.4, 0.5) is 4.79 Å². The van der Waals surface area contributed by atoms with Crippen LogP contribution in [0.2, 0.25) is 10.0 Å². The number of carbonyl (C=O) groups excluding carboxylic acids is 4. The summed E-state index contributed by atoms with van der Waals surface area (Å²) in [5, 5.41) is 21.3. The molecule has 0 atom stereocenters. The lowest BCUT2D eigenvalue weighted by molar-refractivity contribution is -0.117. The monoisotopic (exact) mass is 868 g/mol. The van der Waals surface area contributed by atoms with Crippen molar-refractivity contribution in [3.05, 3.63) is 79.2 Å². The van der Waals surface area contributed by atoms with Gasteiger partial charge in [0.2, 0.25) is 6.08 Å². The Kier molecular flexibility index (Phi) is 17.8. The lowest BCUT2D eigenvalue weighted by Crippen LogP contribution is -2.49. The molecule has 2 aromatic rings. The van der Waals surface area contributed by atoms with Crippen molar-refractivity contribution in [2.24, 2.45) is 4.99 Å². The van der Waals surface area contributed by atoms with E-state index in [1.165, 1.54) is 6.08 Å². The molecular formula is C46H62Cl2N4O8. The van der Waals surface area contributed by atoms with Gasteiger partial charge in [0.25, 0.3) is 11.8 Å². The van der Waals surface area contributed by atoms with E-state index >= 15 is 0 Å². The molecular weight excluding hydrogens is 807 g/mol. The van der Waals surface area contributed by atoms with Crippen molar-refractivity contribution in [1.82, 2.24) is 16.0 Å². The average Bonchev–Trinajstić information content (AvgIpc) is 3.63. The van der Waals surface area contributed by atoms with Crippen LogP contribution in [-0.4, -0.2) is 79.7 Å². The third kappa shape index (κ3) is 10.6. The fourth-order valence-corrected chi connectivity index (χ4v) is 9.40. The van der Waals surface area contributed by atoms with Crippen LogP contribution in [0.25, 0.3) is 11.1 Å².